The van der Waals surface area contributed by atoms with E-state index in [-0.39, 0.29) is 23.4 Å². The van der Waals surface area contributed by atoms with Crippen LogP contribution >= 0.6 is 0 Å². The van der Waals surface area contributed by atoms with Crippen molar-refractivity contribution in [2.75, 3.05) is 7.11 Å². The molecule has 30 heavy (non-hydrogen) atoms. The monoisotopic (exact) mass is 446 g/mol. The van der Waals surface area contributed by atoms with Crippen LogP contribution in [-0.2, 0) is 16.6 Å². The van der Waals surface area contributed by atoms with E-state index in [1.54, 1.807) is 0 Å². The summed E-state index contributed by atoms with van der Waals surface area (Å²) in [4.78, 5) is 10.6. The molecule has 0 unspecified atom stereocenters. The number of nitrogens with one attached hydrogen (secondary N) is 1. The van der Waals surface area contributed by atoms with Gasteiger partial charge in [-0.15, -0.1) is 0 Å². The molecule has 11 heteroatoms. The Morgan fingerprint density at radius 2 is 1.80 bits per heavy atom. The van der Waals surface area contributed by atoms with E-state index < -0.39 is 44.3 Å². The number of benzene rings is 2. The summed E-state index contributed by atoms with van der Waals surface area (Å²) >= 11 is 0. The fraction of sp³-hybridized carbons (Fsp3) is 0.316. The predicted octanol–water partition coefficient (Wildman–Crippen LogP) is 3.14. The van der Waals surface area contributed by atoms with Crippen molar-refractivity contribution in [3.63, 3.8) is 0 Å². The van der Waals surface area contributed by atoms with Crippen LogP contribution in [0.15, 0.2) is 29.2 Å². The third-order valence-electron chi connectivity index (χ3n) is 4.44. The number of halogens is 3. The number of ether oxygens (including phenoxy) is 1. The number of methoxy groups -OCH3 is 1. The Hall–Kier alpha value is -2.63. The van der Waals surface area contributed by atoms with Crippen molar-refractivity contribution in [3.05, 3.63) is 58.4 Å². The lowest BCUT2D eigenvalue weighted by Crippen LogP contribution is -2.37. The zero-order chi connectivity index (χ0) is 22.8. The zero-order valence-corrected chi connectivity index (χ0v) is 17.5. The van der Waals surface area contributed by atoms with Crippen LogP contribution in [0.5, 0.6) is 5.75 Å². The first kappa shape index (κ1) is 23.6. The molecular weight excluding hydrogens is 425 g/mol. The fourth-order valence-corrected chi connectivity index (χ4v) is 4.57. The van der Waals surface area contributed by atoms with Crippen molar-refractivity contribution in [1.82, 2.24) is 9.79 Å². The molecule has 0 bridgehead atoms. The van der Waals surface area contributed by atoms with E-state index in [0.29, 0.717) is 5.56 Å². The topological polar surface area (TPSA) is 95.9 Å². The van der Waals surface area contributed by atoms with E-state index in [1.165, 1.54) is 44.6 Å². The van der Waals surface area contributed by atoms with Gasteiger partial charge in [0.05, 0.1) is 7.11 Å². The molecule has 0 aliphatic carbocycles. The van der Waals surface area contributed by atoms with Gasteiger partial charge in [0.1, 0.15) is 10.6 Å². The Kier molecular flexibility index (Phi) is 7.11. The average molecular weight is 446 g/mol. The molecule has 164 valence electrons. The van der Waals surface area contributed by atoms with Crippen LogP contribution in [-0.4, -0.2) is 37.0 Å². The number of hydrogen-bond acceptors (Lipinski definition) is 5. The Morgan fingerprint density at radius 3 is 2.33 bits per heavy atom. The molecule has 0 saturated heterocycles. The van der Waals surface area contributed by atoms with Gasteiger partial charge in [-0.2, -0.15) is 4.31 Å². The van der Waals surface area contributed by atoms with Gasteiger partial charge in [0.2, 0.25) is 10.0 Å². The predicted molar refractivity (Wildman–Crippen MR) is 101 cm³/mol. The standard InChI is InChI=1S/C19H21F3N2O5S/c1-10(2)24(9-13-6-5-12(19(25)23-26)8-14(13)29-4)30(27,28)15-7-11(3)16(20)18(22)17(15)21/h5-8,10,26H,9H2,1-4H3,(H,23,25). The summed E-state index contributed by atoms with van der Waals surface area (Å²) in [5, 5.41) is 8.74. The van der Waals surface area contributed by atoms with Gasteiger partial charge < -0.3 is 4.74 Å². The van der Waals surface area contributed by atoms with E-state index in [9.17, 15) is 26.4 Å². The van der Waals surface area contributed by atoms with Crippen molar-refractivity contribution in [2.24, 2.45) is 0 Å². The van der Waals surface area contributed by atoms with Gasteiger partial charge in [0.15, 0.2) is 17.5 Å². The Balaban J connectivity index is 2.55. The highest BCUT2D eigenvalue weighted by Gasteiger charge is 2.33. The lowest BCUT2D eigenvalue weighted by Gasteiger charge is -2.27. The Bertz CT molecular complexity index is 1070. The minimum Gasteiger partial charge on any atom is -0.496 e. The molecular formula is C19H21F3N2O5S. The highest BCUT2D eigenvalue weighted by atomic mass is 32.2. The molecule has 0 atom stereocenters. The highest BCUT2D eigenvalue weighted by Crippen LogP contribution is 2.30. The van der Waals surface area contributed by atoms with Crippen LogP contribution in [0.4, 0.5) is 13.2 Å². The summed E-state index contributed by atoms with van der Waals surface area (Å²) in [5.41, 5.74) is 1.49. The third-order valence-corrected chi connectivity index (χ3v) is 6.46. The lowest BCUT2D eigenvalue weighted by atomic mass is 10.1. The molecule has 7 nitrogen and oxygen atoms in total. The van der Waals surface area contributed by atoms with Gasteiger partial charge in [-0.1, -0.05) is 6.07 Å². The van der Waals surface area contributed by atoms with E-state index in [2.05, 4.69) is 0 Å². The summed E-state index contributed by atoms with van der Waals surface area (Å²) in [5.74, 6) is -5.78. The number of carbonyl (C=O) groups is 1. The van der Waals surface area contributed by atoms with Crippen molar-refractivity contribution >= 4 is 15.9 Å². The third kappa shape index (κ3) is 4.42. The van der Waals surface area contributed by atoms with E-state index in [1.807, 2.05) is 0 Å². The molecule has 2 aromatic carbocycles. The van der Waals surface area contributed by atoms with Crippen molar-refractivity contribution in [1.29, 1.82) is 0 Å². The second kappa shape index (κ2) is 9.02. The number of amides is 1. The summed E-state index contributed by atoms with van der Waals surface area (Å²) < 4.78 is 74.0. The van der Waals surface area contributed by atoms with E-state index in [4.69, 9.17) is 9.94 Å². The minimum atomic E-state index is -4.57. The summed E-state index contributed by atoms with van der Waals surface area (Å²) in [6.45, 7) is 3.89. The molecule has 2 N–H and O–H groups in total. The van der Waals surface area contributed by atoms with Crippen molar-refractivity contribution in [2.45, 2.75) is 38.3 Å². The molecule has 0 aliphatic heterocycles. The maximum Gasteiger partial charge on any atom is 0.274 e. The molecule has 0 saturated carbocycles. The molecule has 0 aromatic heterocycles. The number of rotatable bonds is 7. The van der Waals surface area contributed by atoms with Crippen molar-refractivity contribution < 1.29 is 36.3 Å². The maximum absolute atomic E-state index is 14.3. The SMILES string of the molecule is COc1cc(C(=O)NO)ccc1CN(C(C)C)S(=O)(=O)c1cc(C)c(F)c(F)c1F. The van der Waals surface area contributed by atoms with Crippen LogP contribution in [0, 0.1) is 24.4 Å². The molecule has 0 heterocycles. The summed E-state index contributed by atoms with van der Waals surface area (Å²) in [6.07, 6.45) is 0. The van der Waals surface area contributed by atoms with Gasteiger partial charge in [-0.3, -0.25) is 10.0 Å². The van der Waals surface area contributed by atoms with Gasteiger partial charge >= 0.3 is 0 Å². The fourth-order valence-electron chi connectivity index (χ4n) is 2.81. The highest BCUT2D eigenvalue weighted by molar-refractivity contribution is 7.89. The first-order valence-electron chi connectivity index (χ1n) is 8.73. The average Bonchev–Trinajstić information content (AvgIpc) is 2.71. The maximum atomic E-state index is 14.3. The van der Waals surface area contributed by atoms with Crippen LogP contribution in [0.2, 0.25) is 0 Å². The lowest BCUT2D eigenvalue weighted by molar-refractivity contribution is 0.0706. The van der Waals surface area contributed by atoms with Crippen LogP contribution in [0.25, 0.3) is 0 Å². The normalized spacial score (nSPS) is 11.8. The first-order chi connectivity index (χ1) is 13.9. The van der Waals surface area contributed by atoms with Gasteiger partial charge in [-0.25, -0.2) is 27.1 Å². The van der Waals surface area contributed by atoms with Crippen LogP contribution in [0.3, 0.4) is 0 Å². The summed E-state index contributed by atoms with van der Waals surface area (Å²) in [7, 11) is -3.27. The van der Waals surface area contributed by atoms with Crippen LogP contribution < -0.4 is 10.2 Å². The largest absolute Gasteiger partial charge is 0.496 e. The Labute approximate surface area is 172 Å². The molecule has 0 aliphatic rings. The number of carbonyl (C=O) groups excluding carboxylic acids is 1. The van der Waals surface area contributed by atoms with E-state index in [0.717, 1.165) is 17.3 Å². The number of nitrogens with zero attached hydrogens (tertiary/aromatic N) is 1. The first-order valence-corrected chi connectivity index (χ1v) is 10.2. The molecule has 2 rings (SSSR count). The molecule has 2 aromatic rings. The minimum absolute atomic E-state index is 0.0549. The second-order valence-electron chi connectivity index (χ2n) is 6.75. The zero-order valence-electron chi connectivity index (χ0n) is 16.7. The second-order valence-corrected chi connectivity index (χ2v) is 8.60. The van der Waals surface area contributed by atoms with Gasteiger partial charge in [0, 0.05) is 23.7 Å². The van der Waals surface area contributed by atoms with E-state index >= 15 is 0 Å². The van der Waals surface area contributed by atoms with Crippen LogP contribution in [0.1, 0.15) is 35.3 Å². The van der Waals surface area contributed by atoms with Crippen molar-refractivity contribution in [3.8, 4) is 5.75 Å². The van der Waals surface area contributed by atoms with Gasteiger partial charge in [-0.05, 0) is 44.5 Å². The van der Waals surface area contributed by atoms with Gasteiger partial charge in [0.25, 0.3) is 5.91 Å². The molecule has 0 fully saturated rings. The smallest absolute Gasteiger partial charge is 0.274 e. The molecule has 1 amide bonds. The quantitative estimate of drug-likeness (QED) is 0.387. The molecule has 0 radical (unpaired) electrons. The number of hydrogen-bond donors (Lipinski definition) is 2. The number of sulfonamides is 1. The molecule has 0 spiro atoms. The number of hydroxylamine groups is 1. The summed E-state index contributed by atoms with van der Waals surface area (Å²) in [6, 6.07) is 4.07. The Morgan fingerprint density at radius 1 is 1.17 bits per heavy atom. The number of aryl methyl sites for hydroxylation is 1.